The van der Waals surface area contributed by atoms with Crippen molar-refractivity contribution in [2.45, 2.75) is 25.9 Å². The molecule has 0 aliphatic rings. The standard InChI is InChI=1S/C15H18F3N3O3/c1-2-3-4-8-20-14(22)7-9-19-12-6-5-11(15(16,17)18)10-13(12)21(23)24/h2-3,5-6,10,19H,4,7-9H2,1H3,(H,20,22)/b3-2+. The molecule has 24 heavy (non-hydrogen) atoms. The summed E-state index contributed by atoms with van der Waals surface area (Å²) in [6.45, 7) is 2.41. The minimum Gasteiger partial charge on any atom is -0.379 e. The zero-order valence-corrected chi connectivity index (χ0v) is 13.0. The number of halogens is 3. The molecular formula is C15H18F3N3O3. The maximum absolute atomic E-state index is 12.6. The second kappa shape index (κ2) is 8.90. The van der Waals surface area contributed by atoms with Crippen LogP contribution < -0.4 is 10.6 Å². The highest BCUT2D eigenvalue weighted by Gasteiger charge is 2.32. The highest BCUT2D eigenvalue weighted by molar-refractivity contribution is 5.76. The van der Waals surface area contributed by atoms with Crippen molar-refractivity contribution >= 4 is 17.3 Å². The van der Waals surface area contributed by atoms with Gasteiger partial charge in [-0.3, -0.25) is 14.9 Å². The number of nitro benzene ring substituents is 1. The van der Waals surface area contributed by atoms with Gasteiger partial charge in [-0.2, -0.15) is 13.2 Å². The summed E-state index contributed by atoms with van der Waals surface area (Å²) in [4.78, 5) is 21.6. The van der Waals surface area contributed by atoms with E-state index in [2.05, 4.69) is 10.6 Å². The number of carbonyl (C=O) groups excluding carboxylic acids is 1. The molecule has 0 atom stereocenters. The van der Waals surface area contributed by atoms with E-state index < -0.39 is 22.4 Å². The van der Waals surface area contributed by atoms with Gasteiger partial charge in [-0.05, 0) is 25.5 Å². The van der Waals surface area contributed by atoms with E-state index in [0.717, 1.165) is 12.1 Å². The predicted octanol–water partition coefficient (Wildman–Crippen LogP) is 3.50. The number of nitrogens with one attached hydrogen (secondary N) is 2. The molecule has 1 aromatic carbocycles. The van der Waals surface area contributed by atoms with Crippen LogP contribution in [0.1, 0.15) is 25.3 Å². The SMILES string of the molecule is C/C=C/CCNC(=O)CCNc1ccc(C(F)(F)F)cc1[N+](=O)[O-]. The highest BCUT2D eigenvalue weighted by atomic mass is 19.4. The number of hydrogen-bond acceptors (Lipinski definition) is 4. The van der Waals surface area contributed by atoms with E-state index in [-0.39, 0.29) is 24.6 Å². The molecule has 0 spiro atoms. The Morgan fingerprint density at radius 1 is 1.33 bits per heavy atom. The molecule has 2 N–H and O–H groups in total. The first-order valence-corrected chi connectivity index (χ1v) is 7.23. The van der Waals surface area contributed by atoms with Crippen LogP contribution >= 0.6 is 0 Å². The fourth-order valence-corrected chi connectivity index (χ4v) is 1.87. The van der Waals surface area contributed by atoms with E-state index in [1.807, 2.05) is 19.1 Å². The summed E-state index contributed by atoms with van der Waals surface area (Å²) in [5.74, 6) is -0.249. The number of nitro groups is 1. The number of amides is 1. The molecule has 0 fully saturated rings. The summed E-state index contributed by atoms with van der Waals surface area (Å²) < 4.78 is 37.8. The number of rotatable bonds is 8. The lowest BCUT2D eigenvalue weighted by molar-refractivity contribution is -0.384. The van der Waals surface area contributed by atoms with Crippen molar-refractivity contribution in [1.82, 2.24) is 5.32 Å². The third-order valence-electron chi connectivity index (χ3n) is 3.06. The fourth-order valence-electron chi connectivity index (χ4n) is 1.87. The smallest absolute Gasteiger partial charge is 0.379 e. The number of benzene rings is 1. The molecule has 1 aromatic rings. The number of allylic oxidation sites excluding steroid dienone is 1. The Morgan fingerprint density at radius 3 is 2.62 bits per heavy atom. The molecule has 9 heteroatoms. The summed E-state index contributed by atoms with van der Waals surface area (Å²) in [5.41, 5.74) is -1.84. The zero-order valence-electron chi connectivity index (χ0n) is 13.0. The van der Waals surface area contributed by atoms with E-state index in [4.69, 9.17) is 0 Å². The Morgan fingerprint density at radius 2 is 2.04 bits per heavy atom. The van der Waals surface area contributed by atoms with Crippen molar-refractivity contribution in [1.29, 1.82) is 0 Å². The summed E-state index contributed by atoms with van der Waals surface area (Å²) in [7, 11) is 0. The van der Waals surface area contributed by atoms with Gasteiger partial charge in [-0.25, -0.2) is 0 Å². The fraction of sp³-hybridized carbons (Fsp3) is 0.400. The molecule has 0 unspecified atom stereocenters. The monoisotopic (exact) mass is 345 g/mol. The van der Waals surface area contributed by atoms with Crippen LogP contribution in [0.4, 0.5) is 24.5 Å². The minimum absolute atomic E-state index is 0.0496. The van der Waals surface area contributed by atoms with E-state index in [1.165, 1.54) is 0 Å². The van der Waals surface area contributed by atoms with Crippen molar-refractivity contribution in [3.8, 4) is 0 Å². The van der Waals surface area contributed by atoms with Crippen LogP contribution in [-0.4, -0.2) is 23.9 Å². The third kappa shape index (κ3) is 6.27. The van der Waals surface area contributed by atoms with Gasteiger partial charge in [0.2, 0.25) is 5.91 Å². The Labute approximate surface area is 136 Å². The molecule has 132 valence electrons. The average molecular weight is 345 g/mol. The first kappa shape index (κ1) is 19.5. The molecule has 0 aliphatic carbocycles. The van der Waals surface area contributed by atoms with Gasteiger partial charge in [-0.1, -0.05) is 12.2 Å². The van der Waals surface area contributed by atoms with E-state index in [9.17, 15) is 28.1 Å². The van der Waals surface area contributed by atoms with E-state index in [0.29, 0.717) is 19.0 Å². The second-order valence-corrected chi connectivity index (χ2v) is 4.87. The third-order valence-corrected chi connectivity index (χ3v) is 3.06. The Bertz CT molecular complexity index is 616. The summed E-state index contributed by atoms with van der Waals surface area (Å²) >= 11 is 0. The lowest BCUT2D eigenvalue weighted by Gasteiger charge is -2.10. The Kier molecular flexibility index (Phi) is 7.22. The van der Waals surface area contributed by atoms with Gasteiger partial charge < -0.3 is 10.6 Å². The Hall–Kier alpha value is -2.58. The van der Waals surface area contributed by atoms with Gasteiger partial charge in [0.1, 0.15) is 5.69 Å². The lowest BCUT2D eigenvalue weighted by atomic mass is 10.1. The van der Waals surface area contributed by atoms with Crippen molar-refractivity contribution in [2.75, 3.05) is 18.4 Å². The number of hydrogen-bond donors (Lipinski definition) is 2. The predicted molar refractivity (Wildman–Crippen MR) is 83.6 cm³/mol. The van der Waals surface area contributed by atoms with Gasteiger partial charge >= 0.3 is 6.18 Å². The normalized spacial score (nSPS) is 11.5. The quantitative estimate of drug-likeness (QED) is 0.327. The van der Waals surface area contributed by atoms with Crippen LogP contribution in [0.25, 0.3) is 0 Å². The second-order valence-electron chi connectivity index (χ2n) is 4.87. The molecule has 0 bridgehead atoms. The first-order chi connectivity index (χ1) is 11.3. The van der Waals surface area contributed by atoms with Crippen LogP contribution in [0, 0.1) is 10.1 Å². The molecular weight excluding hydrogens is 327 g/mol. The molecule has 0 radical (unpaired) electrons. The van der Waals surface area contributed by atoms with Crippen LogP contribution in [0.15, 0.2) is 30.4 Å². The van der Waals surface area contributed by atoms with Crippen LogP contribution in [0.5, 0.6) is 0 Å². The largest absolute Gasteiger partial charge is 0.416 e. The summed E-state index contributed by atoms with van der Waals surface area (Å²) in [5, 5.41) is 16.2. The number of alkyl halides is 3. The van der Waals surface area contributed by atoms with Gasteiger partial charge in [0, 0.05) is 25.6 Å². The Balaban J connectivity index is 2.61. The molecule has 0 aromatic heterocycles. The van der Waals surface area contributed by atoms with Crippen LogP contribution in [0.2, 0.25) is 0 Å². The summed E-state index contributed by atoms with van der Waals surface area (Å²) in [6.07, 6.45) is -0.161. The molecule has 0 aliphatic heterocycles. The maximum Gasteiger partial charge on any atom is 0.416 e. The zero-order chi connectivity index (χ0) is 18.2. The highest BCUT2D eigenvalue weighted by Crippen LogP contribution is 2.34. The van der Waals surface area contributed by atoms with Gasteiger partial charge in [-0.15, -0.1) is 0 Å². The van der Waals surface area contributed by atoms with Crippen molar-refractivity contribution in [3.63, 3.8) is 0 Å². The van der Waals surface area contributed by atoms with Gasteiger partial charge in [0.05, 0.1) is 10.5 Å². The topological polar surface area (TPSA) is 84.3 Å². The van der Waals surface area contributed by atoms with Gasteiger partial charge in [0.25, 0.3) is 5.69 Å². The number of carbonyl (C=O) groups is 1. The van der Waals surface area contributed by atoms with Crippen LogP contribution in [-0.2, 0) is 11.0 Å². The molecule has 6 nitrogen and oxygen atoms in total. The number of nitrogens with zero attached hydrogens (tertiary/aromatic N) is 1. The van der Waals surface area contributed by atoms with Crippen molar-refractivity contribution in [3.05, 3.63) is 46.0 Å². The molecule has 0 saturated carbocycles. The maximum atomic E-state index is 12.6. The first-order valence-electron chi connectivity index (χ1n) is 7.23. The van der Waals surface area contributed by atoms with Crippen molar-refractivity contribution in [2.24, 2.45) is 0 Å². The molecule has 0 saturated heterocycles. The van der Waals surface area contributed by atoms with Crippen LogP contribution in [0.3, 0.4) is 0 Å². The molecule has 0 heterocycles. The average Bonchev–Trinajstić information content (AvgIpc) is 2.50. The summed E-state index contributed by atoms with van der Waals surface area (Å²) in [6, 6.07) is 2.22. The number of anilines is 1. The van der Waals surface area contributed by atoms with E-state index in [1.54, 1.807) is 0 Å². The minimum atomic E-state index is -4.66. The molecule has 1 rings (SSSR count). The van der Waals surface area contributed by atoms with Crippen molar-refractivity contribution < 1.29 is 22.9 Å². The van der Waals surface area contributed by atoms with E-state index >= 15 is 0 Å². The molecule has 1 amide bonds. The van der Waals surface area contributed by atoms with Gasteiger partial charge in [0.15, 0.2) is 0 Å². The lowest BCUT2D eigenvalue weighted by Crippen LogP contribution is -2.26.